The maximum atomic E-state index is 11.9. The zero-order valence-electron chi connectivity index (χ0n) is 10.3. The number of nitrogens with one attached hydrogen (secondary N) is 1. The Morgan fingerprint density at radius 1 is 1.59 bits per heavy atom. The van der Waals surface area contributed by atoms with Crippen molar-refractivity contribution in [1.29, 1.82) is 0 Å². The molecule has 0 bridgehead atoms. The van der Waals surface area contributed by atoms with Gasteiger partial charge < -0.3 is 9.47 Å². The third-order valence-electron chi connectivity index (χ3n) is 2.30. The van der Waals surface area contributed by atoms with Crippen molar-refractivity contribution in [2.75, 3.05) is 13.2 Å². The lowest BCUT2D eigenvalue weighted by Gasteiger charge is -2.25. The van der Waals surface area contributed by atoms with Crippen LogP contribution in [0.3, 0.4) is 0 Å². The zero-order valence-corrected chi connectivity index (χ0v) is 10.3. The molecule has 94 valence electrons. The van der Waals surface area contributed by atoms with Crippen molar-refractivity contribution < 1.29 is 14.3 Å². The number of rotatable bonds is 0. The summed E-state index contributed by atoms with van der Waals surface area (Å²) in [4.78, 5) is 13.5. The number of ether oxygens (including phenoxy) is 2. The fourth-order valence-electron chi connectivity index (χ4n) is 1.56. The van der Waals surface area contributed by atoms with Gasteiger partial charge in [0.05, 0.1) is 25.0 Å². The van der Waals surface area contributed by atoms with Crippen LogP contribution in [0.5, 0.6) is 5.75 Å². The number of nitrogens with zero attached hydrogens (tertiary/aromatic N) is 2. The second-order valence-electron chi connectivity index (χ2n) is 4.96. The molecule has 17 heavy (non-hydrogen) atoms. The molecule has 0 unspecified atom stereocenters. The number of hydrogen-bond acceptors (Lipinski definition) is 4. The maximum Gasteiger partial charge on any atom is 0.410 e. The lowest BCUT2D eigenvalue weighted by atomic mass is 10.2. The Morgan fingerprint density at radius 2 is 2.35 bits per heavy atom. The normalized spacial score (nSPS) is 15.8. The van der Waals surface area contributed by atoms with Crippen LogP contribution in [0, 0.1) is 0 Å². The van der Waals surface area contributed by atoms with E-state index in [2.05, 4.69) is 10.2 Å². The first-order chi connectivity index (χ1) is 7.96. The first kappa shape index (κ1) is 11.8. The van der Waals surface area contributed by atoms with Gasteiger partial charge in [-0.1, -0.05) is 0 Å². The van der Waals surface area contributed by atoms with Gasteiger partial charge in [-0.2, -0.15) is 5.10 Å². The minimum atomic E-state index is -0.485. The van der Waals surface area contributed by atoms with Gasteiger partial charge in [0.15, 0.2) is 5.75 Å². The predicted molar refractivity (Wildman–Crippen MR) is 60.7 cm³/mol. The number of H-pyrrole nitrogens is 1. The highest BCUT2D eigenvalue weighted by molar-refractivity contribution is 5.68. The van der Waals surface area contributed by atoms with Crippen LogP contribution in [-0.4, -0.2) is 39.9 Å². The molecule has 0 saturated carbocycles. The fraction of sp³-hybridized carbons (Fsp3) is 0.636. The summed E-state index contributed by atoms with van der Waals surface area (Å²) >= 11 is 0. The molecule has 1 aromatic heterocycles. The van der Waals surface area contributed by atoms with E-state index in [4.69, 9.17) is 9.47 Å². The molecule has 0 radical (unpaired) electrons. The van der Waals surface area contributed by atoms with Gasteiger partial charge in [0.25, 0.3) is 0 Å². The van der Waals surface area contributed by atoms with Crippen LogP contribution in [0.4, 0.5) is 4.79 Å². The second-order valence-corrected chi connectivity index (χ2v) is 4.96. The number of aromatic amines is 1. The lowest BCUT2D eigenvalue weighted by Crippen LogP contribution is -2.37. The van der Waals surface area contributed by atoms with Crippen molar-refractivity contribution in [2.45, 2.75) is 32.9 Å². The molecule has 0 aliphatic carbocycles. The summed E-state index contributed by atoms with van der Waals surface area (Å²) in [5.74, 6) is 0.705. The molecule has 2 heterocycles. The molecule has 0 saturated heterocycles. The van der Waals surface area contributed by atoms with Crippen molar-refractivity contribution in [3.63, 3.8) is 0 Å². The van der Waals surface area contributed by atoms with Crippen LogP contribution in [0.1, 0.15) is 26.5 Å². The highest BCUT2D eigenvalue weighted by atomic mass is 16.6. The second kappa shape index (κ2) is 4.27. The molecule has 1 N–H and O–H groups in total. The SMILES string of the molecule is CC(C)(C)OC(=O)N1CCOc2cn[nH]c2C1. The lowest BCUT2D eigenvalue weighted by molar-refractivity contribution is 0.0223. The standard InChI is InChI=1S/C11H17N3O3/c1-11(2,3)17-10(15)14-4-5-16-9-6-12-13-8(9)7-14/h6H,4-5,7H2,1-3H3,(H,12,13). The predicted octanol–water partition coefficient (Wildman–Crippen LogP) is 1.54. The molecule has 6 nitrogen and oxygen atoms in total. The van der Waals surface area contributed by atoms with Gasteiger partial charge in [-0.25, -0.2) is 4.79 Å². The van der Waals surface area contributed by atoms with Crippen LogP contribution < -0.4 is 4.74 Å². The Labute approximate surface area is 99.9 Å². The van der Waals surface area contributed by atoms with Crippen molar-refractivity contribution in [1.82, 2.24) is 15.1 Å². The molecule has 1 aromatic rings. The Hall–Kier alpha value is -1.72. The molecule has 0 fully saturated rings. The van der Waals surface area contributed by atoms with E-state index in [1.807, 2.05) is 20.8 Å². The molecular formula is C11H17N3O3. The van der Waals surface area contributed by atoms with Crippen LogP contribution in [0.2, 0.25) is 0 Å². The van der Waals surface area contributed by atoms with Gasteiger partial charge in [0.2, 0.25) is 0 Å². The van der Waals surface area contributed by atoms with Crippen molar-refractivity contribution >= 4 is 6.09 Å². The highest BCUT2D eigenvalue weighted by Gasteiger charge is 2.25. The van der Waals surface area contributed by atoms with E-state index in [1.54, 1.807) is 11.1 Å². The molecule has 1 amide bonds. The Balaban J connectivity index is 2.06. The highest BCUT2D eigenvalue weighted by Crippen LogP contribution is 2.21. The molecular weight excluding hydrogens is 222 g/mol. The van der Waals surface area contributed by atoms with Crippen LogP contribution in [0.15, 0.2) is 6.20 Å². The number of carbonyl (C=O) groups is 1. The third-order valence-corrected chi connectivity index (χ3v) is 2.30. The average molecular weight is 239 g/mol. The van der Waals surface area contributed by atoms with Crippen molar-refractivity contribution in [3.8, 4) is 5.75 Å². The van der Waals surface area contributed by atoms with E-state index in [1.165, 1.54) is 0 Å². The van der Waals surface area contributed by atoms with Gasteiger partial charge in [-0.15, -0.1) is 0 Å². The van der Waals surface area contributed by atoms with Crippen molar-refractivity contribution in [3.05, 3.63) is 11.9 Å². The number of aromatic nitrogens is 2. The van der Waals surface area contributed by atoms with Gasteiger partial charge in [-0.3, -0.25) is 10.00 Å². The van der Waals surface area contributed by atoms with Gasteiger partial charge in [0.1, 0.15) is 12.2 Å². The van der Waals surface area contributed by atoms with Gasteiger partial charge in [-0.05, 0) is 20.8 Å². The Bertz CT molecular complexity index is 408. The molecule has 0 aromatic carbocycles. The summed E-state index contributed by atoms with van der Waals surface area (Å²) in [6, 6.07) is 0. The van der Waals surface area contributed by atoms with E-state index < -0.39 is 5.60 Å². The molecule has 0 atom stereocenters. The fourth-order valence-corrected chi connectivity index (χ4v) is 1.56. The van der Waals surface area contributed by atoms with E-state index >= 15 is 0 Å². The van der Waals surface area contributed by atoms with Gasteiger partial charge in [0, 0.05) is 0 Å². The van der Waals surface area contributed by atoms with Crippen molar-refractivity contribution in [2.24, 2.45) is 0 Å². The number of carbonyl (C=O) groups excluding carboxylic acids is 1. The van der Waals surface area contributed by atoms with E-state index in [0.717, 1.165) is 5.69 Å². The quantitative estimate of drug-likeness (QED) is 0.745. The first-order valence-corrected chi connectivity index (χ1v) is 5.59. The smallest absolute Gasteiger partial charge is 0.410 e. The Morgan fingerprint density at radius 3 is 3.06 bits per heavy atom. The number of hydrogen-bond donors (Lipinski definition) is 1. The Kier molecular flexibility index (Phi) is 2.95. The minimum absolute atomic E-state index is 0.330. The number of fused-ring (bicyclic) bond motifs is 1. The maximum absolute atomic E-state index is 11.9. The van der Waals surface area contributed by atoms with Gasteiger partial charge >= 0.3 is 6.09 Å². The van der Waals surface area contributed by atoms with Crippen LogP contribution in [-0.2, 0) is 11.3 Å². The summed E-state index contributed by atoms with van der Waals surface area (Å²) in [5, 5.41) is 6.71. The largest absolute Gasteiger partial charge is 0.488 e. The van der Waals surface area contributed by atoms with E-state index in [-0.39, 0.29) is 6.09 Å². The third kappa shape index (κ3) is 2.89. The molecule has 6 heteroatoms. The van der Waals surface area contributed by atoms with Crippen LogP contribution in [0.25, 0.3) is 0 Å². The molecule has 1 aliphatic rings. The summed E-state index contributed by atoms with van der Waals surface area (Å²) in [7, 11) is 0. The average Bonchev–Trinajstić information content (AvgIpc) is 2.53. The van der Waals surface area contributed by atoms with Crippen LogP contribution >= 0.6 is 0 Å². The van der Waals surface area contributed by atoms with E-state index in [0.29, 0.717) is 25.4 Å². The summed E-state index contributed by atoms with van der Waals surface area (Å²) < 4.78 is 10.8. The first-order valence-electron chi connectivity index (χ1n) is 5.59. The number of amides is 1. The monoisotopic (exact) mass is 239 g/mol. The topological polar surface area (TPSA) is 67.4 Å². The minimum Gasteiger partial charge on any atom is -0.488 e. The molecule has 0 spiro atoms. The summed E-state index contributed by atoms with van der Waals surface area (Å²) in [6.07, 6.45) is 1.29. The summed E-state index contributed by atoms with van der Waals surface area (Å²) in [6.45, 7) is 6.94. The zero-order chi connectivity index (χ0) is 12.5. The molecule has 2 rings (SSSR count). The van der Waals surface area contributed by atoms with E-state index in [9.17, 15) is 4.79 Å². The molecule has 1 aliphatic heterocycles. The summed E-state index contributed by atoms with van der Waals surface area (Å²) in [5.41, 5.74) is 0.314.